The maximum Gasteiger partial charge on any atom is 0.490 e. The summed E-state index contributed by atoms with van der Waals surface area (Å²) in [5.41, 5.74) is 3.46. The minimum atomic E-state index is -5.71. The van der Waals surface area contributed by atoms with Crippen molar-refractivity contribution in [3.05, 3.63) is 20.8 Å². The molecule has 19 nitrogen and oxygen atoms in total. The SMILES string of the molecule is Nc1nc2c([nH]c(=O)n2[C@H]2C[C@@H](O)[C@@H](COP(=O)(O)OP(=O)(O)OP(=O)(O)O)O2)c(=O)[nH]1. The van der Waals surface area contributed by atoms with Crippen molar-refractivity contribution in [1.29, 1.82) is 0 Å². The topological polar surface area (TPSA) is 299 Å². The van der Waals surface area contributed by atoms with Crippen LogP contribution in [0.15, 0.2) is 9.59 Å². The third-order valence-corrected chi connectivity index (χ3v) is 7.71. The predicted octanol–water partition coefficient (Wildman–Crippen LogP) is -2.01. The van der Waals surface area contributed by atoms with Gasteiger partial charge in [-0.25, -0.2) is 23.1 Å². The third kappa shape index (κ3) is 5.79. The van der Waals surface area contributed by atoms with Crippen LogP contribution in [-0.2, 0) is 31.6 Å². The van der Waals surface area contributed by atoms with Gasteiger partial charge in [0.2, 0.25) is 5.95 Å². The Morgan fingerprint density at radius 2 is 1.78 bits per heavy atom. The zero-order valence-electron chi connectivity index (χ0n) is 15.4. The number of nitrogens with zero attached hydrogens (tertiary/aromatic N) is 2. The second-order valence-corrected chi connectivity index (χ2v) is 10.7. The van der Waals surface area contributed by atoms with Crippen LogP contribution in [0.5, 0.6) is 0 Å². The lowest BCUT2D eigenvalue weighted by Gasteiger charge is -2.19. The fourth-order valence-electron chi connectivity index (χ4n) is 2.79. The van der Waals surface area contributed by atoms with Gasteiger partial charge in [-0.05, 0) is 0 Å². The van der Waals surface area contributed by atoms with Crippen molar-refractivity contribution in [3.63, 3.8) is 0 Å². The summed E-state index contributed by atoms with van der Waals surface area (Å²) in [6.07, 6.45) is -4.29. The number of hydrogen-bond donors (Lipinski definition) is 8. The molecule has 9 N–H and O–H groups in total. The molecule has 0 radical (unpaired) electrons. The molecule has 5 atom stereocenters. The molecule has 2 unspecified atom stereocenters. The van der Waals surface area contributed by atoms with E-state index in [0.29, 0.717) is 0 Å². The summed E-state index contributed by atoms with van der Waals surface area (Å²) in [4.78, 5) is 67.9. The number of aromatic nitrogens is 4. The number of nitrogens with two attached hydrogens (primary N) is 1. The van der Waals surface area contributed by atoms with Gasteiger partial charge < -0.3 is 35.2 Å². The van der Waals surface area contributed by atoms with Gasteiger partial charge in [0.25, 0.3) is 5.56 Å². The van der Waals surface area contributed by atoms with Gasteiger partial charge in [0.05, 0.1) is 12.7 Å². The lowest BCUT2D eigenvalue weighted by Crippen LogP contribution is -2.26. The molecule has 1 saturated heterocycles. The molecule has 1 fully saturated rings. The maximum atomic E-state index is 12.2. The Balaban J connectivity index is 1.72. The quantitative estimate of drug-likeness (QED) is 0.173. The number of aliphatic hydroxyl groups is 1. The van der Waals surface area contributed by atoms with Crippen molar-refractivity contribution in [2.45, 2.75) is 24.9 Å². The van der Waals surface area contributed by atoms with E-state index >= 15 is 0 Å². The summed E-state index contributed by atoms with van der Waals surface area (Å²) in [7, 11) is -16.7. The number of phosphoric acid groups is 3. The summed E-state index contributed by atoms with van der Waals surface area (Å²) >= 11 is 0. The maximum absolute atomic E-state index is 12.2. The number of aliphatic hydroxyl groups excluding tert-OH is 1. The molecular weight excluding hydrogens is 507 g/mol. The van der Waals surface area contributed by atoms with Crippen LogP contribution in [0.1, 0.15) is 12.6 Å². The molecule has 0 spiro atoms. The first kappa shape index (κ1) is 24.9. The highest BCUT2D eigenvalue weighted by atomic mass is 31.3. The Bertz CT molecular complexity index is 1280. The number of imidazole rings is 1. The number of hydrogen-bond acceptors (Lipinski definition) is 12. The van der Waals surface area contributed by atoms with Gasteiger partial charge in [0.15, 0.2) is 11.2 Å². The predicted molar refractivity (Wildman–Crippen MR) is 99.7 cm³/mol. The normalized spacial score (nSPS) is 25.6. The van der Waals surface area contributed by atoms with Crippen molar-refractivity contribution in [3.8, 4) is 0 Å². The Kier molecular flexibility index (Phi) is 6.67. The van der Waals surface area contributed by atoms with E-state index in [-0.39, 0.29) is 23.5 Å². The Labute approximate surface area is 175 Å². The number of nitrogens with one attached hydrogen (secondary N) is 2. The van der Waals surface area contributed by atoms with E-state index in [1.807, 2.05) is 0 Å². The van der Waals surface area contributed by atoms with Gasteiger partial charge in [0, 0.05) is 6.42 Å². The van der Waals surface area contributed by atoms with Crippen molar-refractivity contribution in [2.24, 2.45) is 0 Å². The lowest BCUT2D eigenvalue weighted by atomic mass is 10.2. The third-order valence-electron chi connectivity index (χ3n) is 3.91. The molecule has 3 rings (SSSR count). The molecule has 0 bridgehead atoms. The van der Waals surface area contributed by atoms with E-state index in [1.165, 1.54) is 0 Å². The van der Waals surface area contributed by atoms with E-state index in [4.69, 9.17) is 25.2 Å². The van der Waals surface area contributed by atoms with Gasteiger partial charge in [-0.3, -0.25) is 19.3 Å². The molecule has 2 aromatic heterocycles. The minimum absolute atomic E-state index is 0.193. The zero-order chi connectivity index (χ0) is 24.1. The summed E-state index contributed by atoms with van der Waals surface area (Å²) < 4.78 is 51.5. The largest absolute Gasteiger partial charge is 0.490 e. The van der Waals surface area contributed by atoms with Gasteiger partial charge in [-0.1, -0.05) is 0 Å². The van der Waals surface area contributed by atoms with Crippen LogP contribution in [0.3, 0.4) is 0 Å². The van der Waals surface area contributed by atoms with E-state index < -0.39 is 59.8 Å². The summed E-state index contributed by atoms with van der Waals surface area (Å²) in [6, 6.07) is 0. The van der Waals surface area contributed by atoms with Crippen LogP contribution in [0.2, 0.25) is 0 Å². The average molecular weight is 523 g/mol. The molecule has 0 amide bonds. The number of ether oxygens (including phenoxy) is 1. The van der Waals surface area contributed by atoms with E-state index in [0.717, 1.165) is 4.57 Å². The van der Waals surface area contributed by atoms with Crippen molar-refractivity contribution in [1.82, 2.24) is 19.5 Å². The molecule has 1 aliphatic heterocycles. The molecule has 0 saturated carbocycles. The smallest absolute Gasteiger partial charge is 0.390 e. The molecule has 1 aliphatic rings. The van der Waals surface area contributed by atoms with Gasteiger partial charge in [0.1, 0.15) is 12.3 Å². The molecule has 22 heteroatoms. The second-order valence-electron chi connectivity index (χ2n) is 6.27. The highest BCUT2D eigenvalue weighted by molar-refractivity contribution is 7.66. The van der Waals surface area contributed by atoms with E-state index in [9.17, 15) is 33.3 Å². The first-order valence-electron chi connectivity index (χ1n) is 8.19. The van der Waals surface area contributed by atoms with Crippen LogP contribution < -0.4 is 17.0 Å². The summed E-state index contributed by atoms with van der Waals surface area (Å²) in [6.45, 7) is -0.936. The number of H-pyrrole nitrogens is 2. The second kappa shape index (κ2) is 8.57. The Morgan fingerprint density at radius 3 is 2.41 bits per heavy atom. The zero-order valence-corrected chi connectivity index (χ0v) is 18.1. The van der Waals surface area contributed by atoms with E-state index in [2.05, 4.69) is 28.1 Å². The molecule has 2 aromatic rings. The number of anilines is 1. The van der Waals surface area contributed by atoms with Gasteiger partial charge >= 0.3 is 29.2 Å². The number of nitrogen functional groups attached to an aromatic ring is 1. The highest BCUT2D eigenvalue weighted by Crippen LogP contribution is 2.66. The van der Waals surface area contributed by atoms with Gasteiger partial charge in [-0.15, -0.1) is 0 Å². The van der Waals surface area contributed by atoms with Crippen LogP contribution in [-0.4, -0.2) is 63.0 Å². The molecule has 3 heterocycles. The van der Waals surface area contributed by atoms with Crippen molar-refractivity contribution in [2.75, 3.05) is 12.3 Å². The monoisotopic (exact) mass is 523 g/mol. The lowest BCUT2D eigenvalue weighted by molar-refractivity contribution is -0.0432. The van der Waals surface area contributed by atoms with E-state index in [1.54, 1.807) is 0 Å². The molecule has 0 aromatic carbocycles. The summed E-state index contributed by atoms with van der Waals surface area (Å²) in [5.74, 6) is -0.307. The first-order valence-corrected chi connectivity index (χ1v) is 12.7. The number of fused-ring (bicyclic) bond motifs is 1. The highest BCUT2D eigenvalue weighted by Gasteiger charge is 2.43. The average Bonchev–Trinajstić information content (AvgIpc) is 3.09. The molecule has 180 valence electrons. The van der Waals surface area contributed by atoms with Crippen LogP contribution >= 0.6 is 23.5 Å². The van der Waals surface area contributed by atoms with Crippen molar-refractivity contribution >= 4 is 40.6 Å². The molecular formula is C10H16N5O14P3. The first-order chi connectivity index (χ1) is 14.6. The number of rotatable bonds is 8. The molecule has 0 aliphatic carbocycles. The number of phosphoric ester groups is 1. The van der Waals surface area contributed by atoms with Crippen LogP contribution in [0.25, 0.3) is 11.2 Å². The minimum Gasteiger partial charge on any atom is -0.390 e. The molecule has 32 heavy (non-hydrogen) atoms. The Morgan fingerprint density at radius 1 is 1.12 bits per heavy atom. The van der Waals surface area contributed by atoms with Crippen LogP contribution in [0.4, 0.5) is 5.95 Å². The Hall–Kier alpha value is -1.72. The van der Waals surface area contributed by atoms with Crippen molar-refractivity contribution < 1.29 is 56.3 Å². The standard InChI is InChI=1S/C10H16N5O14P3/c11-9-13-7-6(8(17)14-9)12-10(18)15(7)5-1-3(16)4(27-5)2-26-31(22,23)29-32(24,25)28-30(19,20)21/h3-5,16H,1-2H2,(H,12,18)(H,22,23)(H,24,25)(H2,19,20,21)(H3,11,13,14,17)/t3-,4-,5-/m1/s1. The fourth-order valence-corrected chi connectivity index (χ4v) is 5.82. The fraction of sp³-hybridized carbons (Fsp3) is 0.500. The number of aromatic amines is 2. The van der Waals surface area contributed by atoms with Gasteiger partial charge in [-0.2, -0.15) is 13.6 Å². The summed E-state index contributed by atoms with van der Waals surface area (Å²) in [5, 5.41) is 10.1. The van der Waals surface area contributed by atoms with Crippen LogP contribution in [0, 0.1) is 0 Å².